The molecule has 0 aliphatic rings. The Morgan fingerprint density at radius 3 is 2.38 bits per heavy atom. The van der Waals surface area contributed by atoms with Crippen molar-refractivity contribution in [1.82, 2.24) is 10.2 Å². The van der Waals surface area contributed by atoms with Gasteiger partial charge in [-0.2, -0.15) is 8.78 Å². The average Bonchev–Trinajstić information content (AvgIpc) is 3.04. The second-order valence-corrected chi connectivity index (χ2v) is 5.50. The molecule has 2 rings (SSSR count). The average molecular weight is 382 g/mol. The Morgan fingerprint density at radius 2 is 1.88 bits per heavy atom. The molecule has 1 aromatic carbocycles. The number of alkyl halides is 3. The molecule has 0 saturated carbocycles. The van der Waals surface area contributed by atoms with Crippen LogP contribution in [0.25, 0.3) is 0 Å². The summed E-state index contributed by atoms with van der Waals surface area (Å²) in [6.07, 6.45) is 0. The fraction of sp³-hybridized carbons (Fsp3) is 0.357. The highest BCUT2D eigenvalue weighted by Crippen LogP contribution is 2.36. The van der Waals surface area contributed by atoms with Crippen LogP contribution in [0.4, 0.5) is 18.9 Å². The van der Waals surface area contributed by atoms with Gasteiger partial charge < -0.3 is 9.64 Å². The molecule has 1 aromatic heterocycles. The highest BCUT2D eigenvalue weighted by Gasteiger charge is 2.33. The summed E-state index contributed by atoms with van der Waals surface area (Å²) in [6, 6.07) is 5.26. The predicted molar refractivity (Wildman–Crippen MR) is 86.3 cm³/mol. The first-order valence-electron chi connectivity index (χ1n) is 6.83. The van der Waals surface area contributed by atoms with Crippen LogP contribution in [-0.4, -0.2) is 29.8 Å². The molecule has 132 valence electrons. The van der Waals surface area contributed by atoms with Crippen molar-refractivity contribution in [2.24, 2.45) is 0 Å². The van der Waals surface area contributed by atoms with Gasteiger partial charge in [0.25, 0.3) is 11.1 Å². The first-order chi connectivity index (χ1) is 11.3. The van der Waals surface area contributed by atoms with E-state index in [1.165, 1.54) is 36.2 Å². The van der Waals surface area contributed by atoms with Crippen molar-refractivity contribution in [2.75, 3.05) is 18.6 Å². The van der Waals surface area contributed by atoms with Crippen LogP contribution in [0.2, 0.25) is 0 Å². The van der Waals surface area contributed by atoms with Gasteiger partial charge in [-0.1, -0.05) is 30.3 Å². The first kappa shape index (κ1) is 20.2. The van der Waals surface area contributed by atoms with E-state index in [2.05, 4.69) is 10.2 Å². The van der Waals surface area contributed by atoms with Crippen LogP contribution < -0.4 is 9.64 Å². The minimum Gasteiger partial charge on any atom is -0.459 e. The van der Waals surface area contributed by atoms with Crippen molar-refractivity contribution in [1.29, 1.82) is 0 Å². The molecule has 0 aliphatic carbocycles. The molecule has 5 nitrogen and oxygen atoms in total. The number of rotatable bonds is 5. The van der Waals surface area contributed by atoms with E-state index in [1.807, 2.05) is 13.8 Å². The molecule has 24 heavy (non-hydrogen) atoms. The number of amides is 1. The number of carbonyl (C=O) groups excluding carboxylic acids is 1. The summed E-state index contributed by atoms with van der Waals surface area (Å²) in [5.74, 6) is -0.898. The fourth-order valence-electron chi connectivity index (χ4n) is 1.41. The van der Waals surface area contributed by atoms with Gasteiger partial charge in [0.2, 0.25) is 5.01 Å². The first-order valence-corrected chi connectivity index (χ1v) is 8.02. The van der Waals surface area contributed by atoms with Crippen molar-refractivity contribution in [2.45, 2.75) is 19.2 Å². The van der Waals surface area contributed by atoms with Gasteiger partial charge in [0, 0.05) is 12.7 Å². The van der Waals surface area contributed by atoms with Crippen molar-refractivity contribution in [3.05, 3.63) is 35.1 Å². The molecule has 0 radical (unpaired) electrons. The number of anilines is 1. The number of carbonyl (C=O) groups is 1. The third-order valence-corrected chi connectivity index (χ3v) is 3.75. The third-order valence-electron chi connectivity index (χ3n) is 2.56. The lowest BCUT2D eigenvalue weighted by molar-refractivity contribution is -0.120. The smallest absolute Gasteiger partial charge is 0.376 e. The molecule has 10 heteroatoms. The Hall–Kier alpha value is -1.87. The highest BCUT2D eigenvalue weighted by atomic mass is 35.5. The third kappa shape index (κ3) is 5.64. The zero-order valence-corrected chi connectivity index (χ0v) is 14.7. The second-order valence-electron chi connectivity index (χ2n) is 4.09. The molecule has 0 N–H and O–H groups in total. The largest absolute Gasteiger partial charge is 0.459 e. The van der Waals surface area contributed by atoms with E-state index in [0.29, 0.717) is 17.0 Å². The lowest BCUT2D eigenvalue weighted by Crippen LogP contribution is -2.31. The van der Waals surface area contributed by atoms with Crippen LogP contribution in [0.1, 0.15) is 18.9 Å². The van der Waals surface area contributed by atoms with Crippen LogP contribution in [0.3, 0.4) is 0 Å². The minimum atomic E-state index is -3.63. The molecule has 1 heterocycles. The Balaban J connectivity index is 0.00000139. The van der Waals surface area contributed by atoms with Gasteiger partial charge in [-0.15, -0.1) is 5.10 Å². The lowest BCUT2D eigenvalue weighted by atomic mass is 10.3. The summed E-state index contributed by atoms with van der Waals surface area (Å²) in [6.45, 7) is 3.57. The molecule has 0 saturated heterocycles. The van der Waals surface area contributed by atoms with Crippen LogP contribution in [0.5, 0.6) is 5.19 Å². The van der Waals surface area contributed by atoms with Gasteiger partial charge in [0.15, 0.2) is 6.61 Å². The Bertz CT molecular complexity index is 662. The van der Waals surface area contributed by atoms with Crippen molar-refractivity contribution in [3.8, 4) is 5.19 Å². The van der Waals surface area contributed by atoms with Crippen molar-refractivity contribution in [3.63, 3.8) is 0 Å². The summed E-state index contributed by atoms with van der Waals surface area (Å²) in [4.78, 5) is 13.1. The van der Waals surface area contributed by atoms with E-state index in [4.69, 9.17) is 16.3 Å². The molecule has 0 atom stereocenters. The second kappa shape index (κ2) is 8.84. The number of nitrogens with zero attached hydrogens (tertiary/aromatic N) is 3. The summed E-state index contributed by atoms with van der Waals surface area (Å²) in [7, 11) is 1.47. The van der Waals surface area contributed by atoms with E-state index in [0.717, 1.165) is 0 Å². The maximum absolute atomic E-state index is 12.8. The number of hydrogen-bond acceptors (Lipinski definition) is 5. The molecular weight excluding hydrogens is 367 g/mol. The van der Waals surface area contributed by atoms with Crippen molar-refractivity contribution >= 4 is 34.5 Å². The van der Waals surface area contributed by atoms with Gasteiger partial charge in [-0.25, -0.2) is 4.39 Å². The van der Waals surface area contributed by atoms with Crippen LogP contribution in [0.15, 0.2) is 24.3 Å². The van der Waals surface area contributed by atoms with Crippen LogP contribution in [0, 0.1) is 5.82 Å². The maximum Gasteiger partial charge on any atom is 0.376 e. The van der Waals surface area contributed by atoms with Crippen LogP contribution >= 0.6 is 22.9 Å². The van der Waals surface area contributed by atoms with Gasteiger partial charge in [0.05, 0.1) is 0 Å². The molecule has 0 aliphatic heterocycles. The van der Waals surface area contributed by atoms with Gasteiger partial charge in [-0.05, 0) is 35.9 Å². The Labute approximate surface area is 146 Å². The Kier molecular flexibility index (Phi) is 7.43. The van der Waals surface area contributed by atoms with Crippen molar-refractivity contribution < 1.29 is 22.7 Å². The number of halogens is 4. The summed E-state index contributed by atoms with van der Waals surface area (Å²) >= 11 is 5.24. The number of hydrogen-bond donors (Lipinski definition) is 0. The topological polar surface area (TPSA) is 55.3 Å². The minimum absolute atomic E-state index is 0.198. The van der Waals surface area contributed by atoms with E-state index in [-0.39, 0.29) is 5.19 Å². The zero-order chi connectivity index (χ0) is 18.3. The summed E-state index contributed by atoms with van der Waals surface area (Å²) < 4.78 is 43.3. The number of likely N-dealkylation sites (N-methyl/N-ethyl adjacent to an activating group) is 1. The standard InChI is InChI=1S/C12H9ClF3N3O2S.C2H6/c1-19(8-4-2-7(14)3-5-8)9(20)6-21-11-18-17-10(22-11)12(13,15)16;1-2/h2-5H,6H2,1H3;1-2H3. The Morgan fingerprint density at radius 1 is 1.29 bits per heavy atom. The molecule has 0 unspecified atom stereocenters. The zero-order valence-electron chi connectivity index (χ0n) is 13.1. The number of ether oxygens (including phenoxy) is 1. The molecule has 1 amide bonds. The summed E-state index contributed by atoms with van der Waals surface area (Å²) in [5.41, 5.74) is 0.459. The SMILES string of the molecule is CC.CN(C(=O)COc1nnc(C(F)(F)Cl)s1)c1ccc(F)cc1. The molecule has 0 spiro atoms. The molecule has 0 bridgehead atoms. The van der Waals surface area contributed by atoms with Gasteiger partial charge in [-0.3, -0.25) is 4.79 Å². The molecular formula is C14H15ClF3N3O2S. The quantitative estimate of drug-likeness (QED) is 0.734. The molecule has 0 fully saturated rings. The predicted octanol–water partition coefficient (Wildman–Crippen LogP) is 4.03. The number of aromatic nitrogens is 2. The lowest BCUT2D eigenvalue weighted by Gasteiger charge is -2.16. The highest BCUT2D eigenvalue weighted by molar-refractivity contribution is 7.13. The van der Waals surface area contributed by atoms with E-state index < -0.39 is 28.7 Å². The van der Waals surface area contributed by atoms with E-state index in [1.54, 1.807) is 0 Å². The van der Waals surface area contributed by atoms with E-state index >= 15 is 0 Å². The molecule has 2 aromatic rings. The monoisotopic (exact) mass is 381 g/mol. The normalized spacial score (nSPS) is 10.6. The number of benzene rings is 1. The van der Waals surface area contributed by atoms with Gasteiger partial charge in [0.1, 0.15) is 5.82 Å². The maximum atomic E-state index is 12.8. The van der Waals surface area contributed by atoms with Gasteiger partial charge >= 0.3 is 5.38 Å². The summed E-state index contributed by atoms with van der Waals surface area (Å²) in [5, 5.41) is 1.99. The fourth-order valence-corrected chi connectivity index (χ4v) is 2.13. The van der Waals surface area contributed by atoms with E-state index in [9.17, 15) is 18.0 Å². The van der Waals surface area contributed by atoms with Crippen LogP contribution in [-0.2, 0) is 10.2 Å².